The molecule has 1 aromatic rings. The van der Waals surface area contributed by atoms with Crippen LogP contribution in [0.3, 0.4) is 0 Å². The number of ether oxygens (including phenoxy) is 1. The number of halogens is 1. The van der Waals surface area contributed by atoms with Crippen molar-refractivity contribution in [2.45, 2.75) is 46.3 Å². The zero-order valence-corrected chi connectivity index (χ0v) is 12.8. The first kappa shape index (κ1) is 14.9. The Bertz CT molecular complexity index is 441. The Kier molecular flexibility index (Phi) is 4.67. The number of nitrogens with zero attached hydrogens (tertiary/aromatic N) is 2. The van der Waals surface area contributed by atoms with Gasteiger partial charge >= 0.3 is 5.97 Å². The van der Waals surface area contributed by atoms with E-state index >= 15 is 0 Å². The van der Waals surface area contributed by atoms with E-state index in [0.717, 1.165) is 0 Å². The predicted octanol–water partition coefficient (Wildman–Crippen LogP) is 3.01. The minimum absolute atomic E-state index is 0.192. The quantitative estimate of drug-likeness (QED) is 0.869. The van der Waals surface area contributed by atoms with Crippen molar-refractivity contribution in [3.8, 4) is 0 Å². The van der Waals surface area contributed by atoms with E-state index in [4.69, 9.17) is 4.74 Å². The molecule has 0 aromatic carbocycles. The first-order valence-electron chi connectivity index (χ1n) is 5.71. The third-order valence-electron chi connectivity index (χ3n) is 1.75. The summed E-state index contributed by atoms with van der Waals surface area (Å²) < 4.78 is 5.80. The maximum Gasteiger partial charge on any atom is 0.358 e. The summed E-state index contributed by atoms with van der Waals surface area (Å²) in [4.78, 5) is 20.2. The molecule has 0 fully saturated rings. The van der Waals surface area contributed by atoms with Gasteiger partial charge < -0.3 is 10.1 Å². The second-order valence-electron chi connectivity index (χ2n) is 5.19. The molecule has 0 aliphatic carbocycles. The highest BCUT2D eigenvalue weighted by molar-refractivity contribution is 9.10. The highest BCUT2D eigenvalue weighted by atomic mass is 79.9. The van der Waals surface area contributed by atoms with Crippen molar-refractivity contribution in [3.63, 3.8) is 0 Å². The number of rotatable bonds is 3. The molecule has 0 unspecified atom stereocenters. The van der Waals surface area contributed by atoms with E-state index in [9.17, 15) is 4.79 Å². The minimum Gasteiger partial charge on any atom is -0.455 e. The molecule has 1 aromatic heterocycles. The third kappa shape index (κ3) is 4.60. The van der Waals surface area contributed by atoms with Crippen LogP contribution < -0.4 is 5.32 Å². The van der Waals surface area contributed by atoms with E-state index in [0.29, 0.717) is 10.4 Å². The van der Waals surface area contributed by atoms with E-state index < -0.39 is 11.6 Å². The highest BCUT2D eigenvalue weighted by Crippen LogP contribution is 2.19. The molecule has 100 valence electrons. The summed E-state index contributed by atoms with van der Waals surface area (Å²) in [6.45, 7) is 9.38. The van der Waals surface area contributed by atoms with Crippen LogP contribution in [0.2, 0.25) is 0 Å². The summed E-state index contributed by atoms with van der Waals surface area (Å²) in [7, 11) is 0. The van der Waals surface area contributed by atoms with Gasteiger partial charge in [0.25, 0.3) is 0 Å². The molecule has 1 heterocycles. The normalized spacial score (nSPS) is 11.5. The van der Waals surface area contributed by atoms with Crippen LogP contribution in [0.5, 0.6) is 0 Å². The largest absolute Gasteiger partial charge is 0.455 e. The number of carbonyl (C=O) groups is 1. The molecule has 0 atom stereocenters. The Morgan fingerprint density at radius 2 is 2.06 bits per heavy atom. The third-order valence-corrected chi connectivity index (χ3v) is 2.33. The van der Waals surface area contributed by atoms with Crippen molar-refractivity contribution in [1.29, 1.82) is 0 Å². The van der Waals surface area contributed by atoms with Crippen LogP contribution in [0.25, 0.3) is 0 Å². The number of esters is 1. The molecule has 0 amide bonds. The topological polar surface area (TPSA) is 64.1 Å². The van der Waals surface area contributed by atoms with Gasteiger partial charge in [-0.25, -0.2) is 14.8 Å². The monoisotopic (exact) mass is 315 g/mol. The van der Waals surface area contributed by atoms with Gasteiger partial charge in [-0.1, -0.05) is 0 Å². The molecular formula is C12H18BrN3O2. The molecule has 1 N–H and O–H groups in total. The number of anilines is 1. The smallest absolute Gasteiger partial charge is 0.358 e. The molecule has 1 rings (SSSR count). The Balaban J connectivity index is 2.97. The summed E-state index contributed by atoms with van der Waals surface area (Å²) in [5.74, 6) is -0.0577. The average Bonchev–Trinajstić information content (AvgIpc) is 2.17. The predicted molar refractivity (Wildman–Crippen MR) is 73.7 cm³/mol. The molecule has 0 aliphatic rings. The molecule has 6 heteroatoms. The van der Waals surface area contributed by atoms with Crippen molar-refractivity contribution in [2.75, 3.05) is 5.32 Å². The molecule has 5 nitrogen and oxygen atoms in total. The maximum atomic E-state index is 11.9. The summed E-state index contributed by atoms with van der Waals surface area (Å²) in [5.41, 5.74) is -0.323. The first-order chi connectivity index (χ1) is 8.19. The number of hydrogen-bond acceptors (Lipinski definition) is 5. The van der Waals surface area contributed by atoms with Crippen LogP contribution in [0.1, 0.15) is 45.1 Å². The van der Waals surface area contributed by atoms with Crippen LogP contribution in [-0.4, -0.2) is 27.6 Å². The Morgan fingerprint density at radius 3 is 2.56 bits per heavy atom. The standard InChI is InChI=1S/C12H18BrN3O2/c1-7(2)15-11-14-6-8(13)9(16-11)10(17)18-12(3,4)5/h6-7H,1-5H3,(H,14,15,16). The molecule has 18 heavy (non-hydrogen) atoms. The molecular weight excluding hydrogens is 298 g/mol. The fourth-order valence-electron chi connectivity index (χ4n) is 1.16. The fraction of sp³-hybridized carbons (Fsp3) is 0.583. The van der Waals surface area contributed by atoms with Crippen molar-refractivity contribution < 1.29 is 9.53 Å². The van der Waals surface area contributed by atoms with E-state index in [1.807, 2.05) is 34.6 Å². The highest BCUT2D eigenvalue weighted by Gasteiger charge is 2.22. The van der Waals surface area contributed by atoms with E-state index in [1.165, 1.54) is 6.20 Å². The number of carbonyl (C=O) groups excluding carboxylic acids is 1. The first-order valence-corrected chi connectivity index (χ1v) is 6.51. The minimum atomic E-state index is -0.548. The molecule has 0 saturated heterocycles. The van der Waals surface area contributed by atoms with Gasteiger partial charge in [-0.2, -0.15) is 0 Å². The van der Waals surface area contributed by atoms with Gasteiger partial charge in [0, 0.05) is 12.2 Å². The Hall–Kier alpha value is -1.17. The lowest BCUT2D eigenvalue weighted by Gasteiger charge is -2.19. The number of nitrogens with one attached hydrogen (secondary N) is 1. The average molecular weight is 316 g/mol. The zero-order valence-electron chi connectivity index (χ0n) is 11.2. The molecule has 0 bridgehead atoms. The van der Waals surface area contributed by atoms with Crippen LogP contribution in [0, 0.1) is 0 Å². The Labute approximate surface area is 115 Å². The van der Waals surface area contributed by atoms with Crippen molar-refractivity contribution in [3.05, 3.63) is 16.4 Å². The van der Waals surface area contributed by atoms with Gasteiger partial charge in [0.1, 0.15) is 5.60 Å². The molecule has 0 radical (unpaired) electrons. The van der Waals surface area contributed by atoms with Crippen molar-refractivity contribution in [2.24, 2.45) is 0 Å². The molecule has 0 aliphatic heterocycles. The van der Waals surface area contributed by atoms with Crippen molar-refractivity contribution in [1.82, 2.24) is 9.97 Å². The van der Waals surface area contributed by atoms with Crippen molar-refractivity contribution >= 4 is 27.8 Å². The van der Waals surface area contributed by atoms with Gasteiger partial charge in [-0.3, -0.25) is 0 Å². The zero-order chi connectivity index (χ0) is 13.9. The summed E-state index contributed by atoms with van der Waals surface area (Å²) in [5, 5.41) is 3.04. The van der Waals surface area contributed by atoms with Gasteiger partial charge in [-0.05, 0) is 50.5 Å². The summed E-state index contributed by atoms with van der Waals surface area (Å²) >= 11 is 3.25. The lowest BCUT2D eigenvalue weighted by Crippen LogP contribution is -2.25. The van der Waals surface area contributed by atoms with E-state index in [2.05, 4.69) is 31.2 Å². The van der Waals surface area contributed by atoms with Gasteiger partial charge in [-0.15, -0.1) is 0 Å². The van der Waals surface area contributed by atoms with Crippen LogP contribution in [-0.2, 0) is 4.74 Å². The maximum absolute atomic E-state index is 11.9. The Morgan fingerprint density at radius 1 is 1.44 bits per heavy atom. The lowest BCUT2D eigenvalue weighted by atomic mass is 10.2. The van der Waals surface area contributed by atoms with Gasteiger partial charge in [0.2, 0.25) is 5.95 Å². The lowest BCUT2D eigenvalue weighted by molar-refractivity contribution is 0.00616. The molecule has 0 saturated carbocycles. The van der Waals surface area contributed by atoms with Gasteiger partial charge in [0.15, 0.2) is 5.69 Å². The van der Waals surface area contributed by atoms with Crippen LogP contribution >= 0.6 is 15.9 Å². The van der Waals surface area contributed by atoms with Crippen LogP contribution in [0.15, 0.2) is 10.7 Å². The summed E-state index contributed by atoms with van der Waals surface area (Å²) in [6, 6.07) is 0.192. The van der Waals surface area contributed by atoms with Gasteiger partial charge in [0.05, 0.1) is 4.47 Å². The summed E-state index contributed by atoms with van der Waals surface area (Å²) in [6.07, 6.45) is 1.54. The number of aromatic nitrogens is 2. The van der Waals surface area contributed by atoms with E-state index in [-0.39, 0.29) is 11.7 Å². The fourth-order valence-corrected chi connectivity index (χ4v) is 1.52. The number of hydrogen-bond donors (Lipinski definition) is 1. The SMILES string of the molecule is CC(C)Nc1ncc(Br)c(C(=O)OC(C)(C)C)n1. The second kappa shape index (κ2) is 5.65. The second-order valence-corrected chi connectivity index (χ2v) is 6.05. The molecule has 0 spiro atoms. The van der Waals surface area contributed by atoms with E-state index in [1.54, 1.807) is 0 Å². The van der Waals surface area contributed by atoms with Crippen LogP contribution in [0.4, 0.5) is 5.95 Å².